The second-order valence-electron chi connectivity index (χ2n) is 9.74. The van der Waals surface area contributed by atoms with Crippen LogP contribution in [0.1, 0.15) is 64.2 Å². The van der Waals surface area contributed by atoms with Crippen molar-refractivity contribution in [2.45, 2.75) is 88.2 Å². The van der Waals surface area contributed by atoms with Crippen LogP contribution in [0.2, 0.25) is 0 Å². The van der Waals surface area contributed by atoms with Crippen LogP contribution in [0.4, 0.5) is 39.5 Å². The molecule has 39 heavy (non-hydrogen) atoms. The smallest absolute Gasteiger partial charge is 0.379 e. The molecule has 2 heterocycles. The Balaban J connectivity index is 1.58. The van der Waals surface area contributed by atoms with Gasteiger partial charge in [-0.25, -0.2) is 9.34 Å². The summed E-state index contributed by atoms with van der Waals surface area (Å²) in [6.45, 7) is 4.35. The highest BCUT2D eigenvalue weighted by Gasteiger charge is 2.81. The van der Waals surface area contributed by atoms with Gasteiger partial charge in [0, 0.05) is 32.6 Å². The van der Waals surface area contributed by atoms with Crippen LogP contribution in [0.25, 0.3) is 0 Å². The standard InChI is InChI=1S/C23H38F9N2O4P/c24-20(25,21(26,27)22(28,29)23(30,31)32)10-8-6-4-2-1-3-5-7-9-15-38-39(35,33-11-16-36-17-12-33)34-13-18-37-19-14-34/h1-19H2. The van der Waals surface area contributed by atoms with E-state index in [1.54, 1.807) is 0 Å². The van der Waals surface area contributed by atoms with Crippen molar-refractivity contribution in [2.75, 3.05) is 59.2 Å². The number of nitrogens with zero attached hydrogens (tertiary/aromatic N) is 2. The quantitative estimate of drug-likeness (QED) is 0.0994. The number of ether oxygens (including phenoxy) is 2. The molecule has 0 bridgehead atoms. The number of unbranched alkanes of at least 4 members (excludes halogenated alkanes) is 8. The van der Waals surface area contributed by atoms with Crippen LogP contribution >= 0.6 is 7.67 Å². The van der Waals surface area contributed by atoms with Gasteiger partial charge in [0.1, 0.15) is 0 Å². The number of alkyl halides is 9. The summed E-state index contributed by atoms with van der Waals surface area (Å²) in [5.74, 6) is -18.8. The van der Waals surface area contributed by atoms with E-state index in [2.05, 4.69) is 0 Å². The molecule has 0 radical (unpaired) electrons. The van der Waals surface area contributed by atoms with Crippen molar-refractivity contribution in [1.82, 2.24) is 9.34 Å². The maximum absolute atomic E-state index is 13.7. The molecular weight excluding hydrogens is 570 g/mol. The van der Waals surface area contributed by atoms with Crippen molar-refractivity contribution in [3.05, 3.63) is 0 Å². The lowest BCUT2D eigenvalue weighted by Gasteiger charge is -2.41. The molecule has 0 aromatic rings. The number of morpholine rings is 2. The van der Waals surface area contributed by atoms with Crippen molar-refractivity contribution in [3.8, 4) is 0 Å². The number of hydrogen-bond donors (Lipinski definition) is 0. The summed E-state index contributed by atoms with van der Waals surface area (Å²) in [6, 6.07) is 0. The average Bonchev–Trinajstić information content (AvgIpc) is 2.89. The fourth-order valence-corrected chi connectivity index (χ4v) is 6.78. The summed E-state index contributed by atoms with van der Waals surface area (Å²) in [5, 5.41) is 0. The largest absolute Gasteiger partial charge is 0.460 e. The van der Waals surface area contributed by atoms with E-state index < -0.39 is 44.5 Å². The van der Waals surface area contributed by atoms with Crippen LogP contribution in [0.5, 0.6) is 0 Å². The van der Waals surface area contributed by atoms with Gasteiger partial charge in [-0.15, -0.1) is 0 Å². The van der Waals surface area contributed by atoms with Crippen molar-refractivity contribution in [3.63, 3.8) is 0 Å². The summed E-state index contributed by atoms with van der Waals surface area (Å²) >= 11 is 0. The first-order valence-corrected chi connectivity index (χ1v) is 14.8. The Morgan fingerprint density at radius 3 is 1.38 bits per heavy atom. The molecule has 0 aromatic carbocycles. The summed E-state index contributed by atoms with van der Waals surface area (Å²) in [5.41, 5.74) is 0. The van der Waals surface area contributed by atoms with Gasteiger partial charge in [0.2, 0.25) is 0 Å². The van der Waals surface area contributed by atoms with Crippen molar-refractivity contribution in [2.24, 2.45) is 0 Å². The fraction of sp³-hybridized carbons (Fsp3) is 1.00. The van der Waals surface area contributed by atoms with Gasteiger partial charge in [-0.3, -0.25) is 4.57 Å². The van der Waals surface area contributed by atoms with Gasteiger partial charge in [0.05, 0.1) is 33.0 Å². The van der Waals surface area contributed by atoms with Crippen LogP contribution in [-0.4, -0.2) is 92.5 Å². The second-order valence-corrected chi connectivity index (χ2v) is 12.1. The van der Waals surface area contributed by atoms with E-state index in [1.807, 2.05) is 9.34 Å². The molecule has 2 aliphatic heterocycles. The molecule has 0 unspecified atom stereocenters. The van der Waals surface area contributed by atoms with Crippen LogP contribution < -0.4 is 0 Å². The van der Waals surface area contributed by atoms with Crippen molar-refractivity contribution < 1.29 is 58.1 Å². The zero-order valence-corrected chi connectivity index (χ0v) is 22.7. The molecule has 0 aromatic heterocycles. The van der Waals surface area contributed by atoms with Crippen LogP contribution in [0.15, 0.2) is 0 Å². The van der Waals surface area contributed by atoms with Gasteiger partial charge in [-0.05, 0) is 12.8 Å². The molecule has 2 saturated heterocycles. The summed E-state index contributed by atoms with van der Waals surface area (Å²) in [6.07, 6.45) is -4.33. The monoisotopic (exact) mass is 608 g/mol. The third-order valence-corrected chi connectivity index (χ3v) is 9.54. The van der Waals surface area contributed by atoms with Crippen LogP contribution in [-0.2, 0) is 18.6 Å². The molecule has 0 atom stereocenters. The van der Waals surface area contributed by atoms with Gasteiger partial charge in [0.25, 0.3) is 0 Å². The van der Waals surface area contributed by atoms with E-state index >= 15 is 0 Å². The highest BCUT2D eigenvalue weighted by atomic mass is 31.2. The topological polar surface area (TPSA) is 51.2 Å². The first-order chi connectivity index (χ1) is 18.2. The molecule has 0 amide bonds. The average molecular weight is 609 g/mol. The van der Waals surface area contributed by atoms with Crippen molar-refractivity contribution in [1.29, 1.82) is 0 Å². The maximum Gasteiger partial charge on any atom is 0.460 e. The van der Waals surface area contributed by atoms with E-state index in [9.17, 15) is 44.1 Å². The molecule has 2 aliphatic rings. The Hall–Kier alpha value is -0.600. The van der Waals surface area contributed by atoms with Gasteiger partial charge in [-0.1, -0.05) is 44.9 Å². The van der Waals surface area contributed by atoms with E-state index in [1.165, 1.54) is 0 Å². The normalized spacial score (nSPS) is 19.5. The summed E-state index contributed by atoms with van der Waals surface area (Å²) < 4.78 is 150. The molecule has 232 valence electrons. The third kappa shape index (κ3) is 9.19. The summed E-state index contributed by atoms with van der Waals surface area (Å²) in [4.78, 5) is 0. The number of halogens is 9. The molecular formula is C23H38F9N2O4P. The Bertz CT molecular complexity index is 740. The second kappa shape index (κ2) is 15.0. The molecule has 16 heteroatoms. The van der Waals surface area contributed by atoms with E-state index in [-0.39, 0.29) is 6.42 Å². The van der Waals surface area contributed by atoms with E-state index in [0.717, 1.165) is 25.7 Å². The predicted octanol–water partition coefficient (Wildman–Crippen LogP) is 7.14. The fourth-order valence-electron chi connectivity index (χ4n) is 4.39. The minimum atomic E-state index is -6.82. The lowest BCUT2D eigenvalue weighted by molar-refractivity contribution is -0.396. The molecule has 0 N–H and O–H groups in total. The van der Waals surface area contributed by atoms with E-state index in [4.69, 9.17) is 14.0 Å². The molecule has 0 saturated carbocycles. The maximum atomic E-state index is 13.7. The summed E-state index contributed by atoms with van der Waals surface area (Å²) in [7, 11) is -3.18. The highest BCUT2D eigenvalue weighted by Crippen LogP contribution is 2.55. The predicted molar refractivity (Wildman–Crippen MR) is 125 cm³/mol. The van der Waals surface area contributed by atoms with Crippen LogP contribution in [0, 0.1) is 0 Å². The lowest BCUT2D eigenvalue weighted by Crippen LogP contribution is -2.60. The molecule has 0 spiro atoms. The Morgan fingerprint density at radius 2 is 0.974 bits per heavy atom. The minimum absolute atomic E-state index is 0.00939. The SMILES string of the molecule is O=P(OCCCCCCCCCCCC(F)(F)C(F)(F)C(F)(F)C(F)(F)F)(N1CCOCC1)N1CCOCC1. The minimum Gasteiger partial charge on any atom is -0.379 e. The molecule has 2 rings (SSSR count). The molecule has 2 fully saturated rings. The number of rotatable bonds is 17. The first-order valence-electron chi connectivity index (χ1n) is 13.3. The van der Waals surface area contributed by atoms with E-state index in [0.29, 0.717) is 78.5 Å². The molecule has 6 nitrogen and oxygen atoms in total. The Morgan fingerprint density at radius 1 is 0.590 bits per heavy atom. The lowest BCUT2D eigenvalue weighted by atomic mass is 9.97. The zero-order chi connectivity index (χ0) is 29.2. The van der Waals surface area contributed by atoms with Gasteiger partial charge >= 0.3 is 31.6 Å². The highest BCUT2D eigenvalue weighted by molar-refractivity contribution is 7.54. The Labute approximate surface area is 223 Å². The third-order valence-electron chi connectivity index (χ3n) is 6.79. The van der Waals surface area contributed by atoms with Gasteiger partial charge in [-0.2, -0.15) is 39.5 Å². The molecule has 0 aliphatic carbocycles. The van der Waals surface area contributed by atoms with Crippen molar-refractivity contribution >= 4 is 7.67 Å². The van der Waals surface area contributed by atoms with Gasteiger partial charge in [0.15, 0.2) is 0 Å². The van der Waals surface area contributed by atoms with Crippen LogP contribution in [0.3, 0.4) is 0 Å². The first kappa shape index (κ1) is 34.6. The Kier molecular flexibility index (Phi) is 13.3. The van der Waals surface area contributed by atoms with Gasteiger partial charge < -0.3 is 14.0 Å². The number of hydrogen-bond acceptors (Lipinski definition) is 4. The zero-order valence-electron chi connectivity index (χ0n) is 21.8.